The maximum Gasteiger partial charge on any atom is 0.121 e. The van der Waals surface area contributed by atoms with Crippen LogP contribution in [-0.2, 0) is 0 Å². The van der Waals surface area contributed by atoms with Crippen LogP contribution in [0.5, 0.6) is 5.75 Å². The van der Waals surface area contributed by atoms with Gasteiger partial charge in [-0.3, -0.25) is 0 Å². The fraction of sp³-hybridized carbons (Fsp3) is 0.250. The van der Waals surface area contributed by atoms with Gasteiger partial charge in [-0.2, -0.15) is 0 Å². The van der Waals surface area contributed by atoms with Gasteiger partial charge in [-0.25, -0.2) is 0 Å². The molecule has 1 rings (SSSR count). The number of aromatic hydroxyl groups is 1. The summed E-state index contributed by atoms with van der Waals surface area (Å²) in [4.78, 5) is 0. The van der Waals surface area contributed by atoms with E-state index < -0.39 is 0 Å². The van der Waals surface area contributed by atoms with Crippen LogP contribution >= 0.6 is 0 Å². The third-order valence-corrected chi connectivity index (χ3v) is 1.44. The largest absolute Gasteiger partial charge is 0.507 e. The second-order valence-electron chi connectivity index (χ2n) is 2.24. The van der Waals surface area contributed by atoms with E-state index in [9.17, 15) is 5.11 Å². The van der Waals surface area contributed by atoms with Crippen LogP contribution in [0.3, 0.4) is 0 Å². The molecule has 0 aliphatic rings. The first-order valence-electron chi connectivity index (χ1n) is 2.97. The average molecular weight is 129 g/mol. The molecule has 1 radical (unpaired) electrons. The summed E-state index contributed by atoms with van der Waals surface area (Å²) in [5.41, 5.74) is 1.88. The molecule has 0 saturated heterocycles. The van der Waals surface area contributed by atoms with Crippen molar-refractivity contribution in [1.29, 1.82) is 0 Å². The van der Waals surface area contributed by atoms with E-state index in [-0.39, 0.29) is 18.9 Å². The van der Waals surface area contributed by atoms with Crippen LogP contribution in [0.1, 0.15) is 11.1 Å². The van der Waals surface area contributed by atoms with Gasteiger partial charge in [0, 0.05) is 18.9 Å². The molecular formula is C8H10LiO. The summed E-state index contributed by atoms with van der Waals surface area (Å²) in [6.07, 6.45) is 0. The zero-order valence-corrected chi connectivity index (χ0v) is 6.68. The van der Waals surface area contributed by atoms with Crippen molar-refractivity contribution >= 4 is 18.9 Å². The molecule has 10 heavy (non-hydrogen) atoms. The molecule has 1 nitrogen and oxygen atoms in total. The molecule has 0 unspecified atom stereocenters. The van der Waals surface area contributed by atoms with E-state index in [4.69, 9.17) is 0 Å². The molecule has 0 aromatic heterocycles. The number of hydrogen-bond donors (Lipinski definition) is 1. The van der Waals surface area contributed by atoms with Crippen molar-refractivity contribution in [3.63, 3.8) is 0 Å². The van der Waals surface area contributed by atoms with E-state index >= 15 is 0 Å². The third kappa shape index (κ3) is 1.80. The van der Waals surface area contributed by atoms with Crippen LogP contribution in [0.15, 0.2) is 18.2 Å². The standard InChI is InChI=1S/C8H10O.Li/c1-6-4-3-5-7(2)8(6)9;/h3-5,9H,1-2H3;. The second kappa shape index (κ2) is 3.70. The van der Waals surface area contributed by atoms with Gasteiger partial charge in [0.05, 0.1) is 0 Å². The molecule has 0 fully saturated rings. The Hall–Kier alpha value is -0.383. The van der Waals surface area contributed by atoms with Crippen molar-refractivity contribution < 1.29 is 5.11 Å². The van der Waals surface area contributed by atoms with Gasteiger partial charge < -0.3 is 5.11 Å². The quantitative estimate of drug-likeness (QED) is 0.528. The van der Waals surface area contributed by atoms with Gasteiger partial charge in [-0.15, -0.1) is 0 Å². The van der Waals surface area contributed by atoms with Gasteiger partial charge in [-0.1, -0.05) is 18.2 Å². The molecule has 0 bridgehead atoms. The van der Waals surface area contributed by atoms with Crippen LogP contribution in [0, 0.1) is 13.8 Å². The van der Waals surface area contributed by atoms with Gasteiger partial charge >= 0.3 is 0 Å². The molecule has 0 amide bonds. The maximum atomic E-state index is 9.21. The Morgan fingerprint density at radius 3 is 1.80 bits per heavy atom. The predicted molar refractivity (Wildman–Crippen MR) is 43.3 cm³/mol. The summed E-state index contributed by atoms with van der Waals surface area (Å²) >= 11 is 0. The maximum absolute atomic E-state index is 9.21. The molecule has 1 aromatic rings. The Kier molecular flexibility index (Phi) is 3.56. The van der Waals surface area contributed by atoms with Gasteiger partial charge in [0.25, 0.3) is 0 Å². The summed E-state index contributed by atoms with van der Waals surface area (Å²) < 4.78 is 0. The first-order chi connectivity index (χ1) is 4.22. The minimum absolute atomic E-state index is 0. The Morgan fingerprint density at radius 1 is 1.10 bits per heavy atom. The Bertz CT molecular complexity index is 200. The fourth-order valence-corrected chi connectivity index (χ4v) is 0.806. The number of phenolic OH excluding ortho intramolecular Hbond substituents is 1. The molecule has 1 aromatic carbocycles. The fourth-order valence-electron chi connectivity index (χ4n) is 0.806. The van der Waals surface area contributed by atoms with Gasteiger partial charge in [0.1, 0.15) is 5.75 Å². The van der Waals surface area contributed by atoms with Crippen molar-refractivity contribution in [2.45, 2.75) is 13.8 Å². The van der Waals surface area contributed by atoms with E-state index in [1.165, 1.54) is 0 Å². The summed E-state index contributed by atoms with van der Waals surface area (Å²) in [7, 11) is 0. The van der Waals surface area contributed by atoms with Crippen molar-refractivity contribution in [2.75, 3.05) is 0 Å². The van der Waals surface area contributed by atoms with E-state index in [0.29, 0.717) is 5.75 Å². The summed E-state index contributed by atoms with van der Waals surface area (Å²) in [5.74, 6) is 0.414. The zero-order valence-electron chi connectivity index (χ0n) is 6.68. The topological polar surface area (TPSA) is 20.2 Å². The molecule has 49 valence electrons. The van der Waals surface area contributed by atoms with Gasteiger partial charge in [0.2, 0.25) is 0 Å². The van der Waals surface area contributed by atoms with Crippen LogP contribution < -0.4 is 0 Å². The summed E-state index contributed by atoms with van der Waals surface area (Å²) in [5, 5.41) is 9.21. The normalized spacial score (nSPS) is 8.60. The molecular weight excluding hydrogens is 119 g/mol. The minimum Gasteiger partial charge on any atom is -0.507 e. The molecule has 0 heterocycles. The number of rotatable bonds is 0. The number of aryl methyl sites for hydroxylation is 2. The molecule has 0 aliphatic heterocycles. The van der Waals surface area contributed by atoms with Crippen LogP contribution in [0.25, 0.3) is 0 Å². The monoisotopic (exact) mass is 129 g/mol. The van der Waals surface area contributed by atoms with Crippen molar-refractivity contribution in [2.24, 2.45) is 0 Å². The molecule has 0 atom stereocenters. The minimum atomic E-state index is 0. The third-order valence-electron chi connectivity index (χ3n) is 1.44. The smallest absolute Gasteiger partial charge is 0.121 e. The second-order valence-corrected chi connectivity index (χ2v) is 2.24. The van der Waals surface area contributed by atoms with E-state index in [1.807, 2.05) is 32.0 Å². The number of hydrogen-bond acceptors (Lipinski definition) is 1. The Balaban J connectivity index is 0.000000810. The Labute approximate surface area is 73.3 Å². The first-order valence-corrected chi connectivity index (χ1v) is 2.97. The van der Waals surface area contributed by atoms with Gasteiger partial charge in [0.15, 0.2) is 0 Å². The number of benzene rings is 1. The first kappa shape index (κ1) is 9.62. The molecule has 0 spiro atoms. The molecule has 2 heteroatoms. The average Bonchev–Trinajstić information content (AvgIpc) is 1.83. The molecule has 1 N–H and O–H groups in total. The SMILES string of the molecule is Cc1cccc(C)c1O.[Li]. The van der Waals surface area contributed by atoms with E-state index in [0.717, 1.165) is 11.1 Å². The van der Waals surface area contributed by atoms with Crippen molar-refractivity contribution in [3.8, 4) is 5.75 Å². The van der Waals surface area contributed by atoms with Crippen LogP contribution in [0.4, 0.5) is 0 Å². The summed E-state index contributed by atoms with van der Waals surface area (Å²) in [6.45, 7) is 3.78. The number of para-hydroxylation sites is 1. The van der Waals surface area contributed by atoms with Crippen molar-refractivity contribution in [1.82, 2.24) is 0 Å². The van der Waals surface area contributed by atoms with Crippen LogP contribution in [-0.4, -0.2) is 24.0 Å². The van der Waals surface area contributed by atoms with Crippen LogP contribution in [0.2, 0.25) is 0 Å². The Morgan fingerprint density at radius 2 is 1.50 bits per heavy atom. The van der Waals surface area contributed by atoms with E-state index in [2.05, 4.69) is 0 Å². The molecule has 0 aliphatic carbocycles. The van der Waals surface area contributed by atoms with Crippen molar-refractivity contribution in [3.05, 3.63) is 29.3 Å². The van der Waals surface area contributed by atoms with E-state index in [1.54, 1.807) is 0 Å². The molecule has 0 saturated carbocycles. The zero-order chi connectivity index (χ0) is 6.85. The summed E-state index contributed by atoms with van der Waals surface area (Å²) in [6, 6.07) is 5.72. The predicted octanol–water partition coefficient (Wildman–Crippen LogP) is 1.63. The number of phenols is 1. The van der Waals surface area contributed by atoms with Gasteiger partial charge in [-0.05, 0) is 25.0 Å².